The minimum Gasteiger partial charge on any atom is -0.347 e. The van der Waals surface area contributed by atoms with Gasteiger partial charge < -0.3 is 4.57 Å². The van der Waals surface area contributed by atoms with E-state index in [2.05, 4.69) is 48.5 Å². The molecule has 0 bridgehead atoms. The van der Waals surface area contributed by atoms with Crippen molar-refractivity contribution in [2.75, 3.05) is 0 Å². The summed E-state index contributed by atoms with van der Waals surface area (Å²) in [6.07, 6.45) is 6.46. The van der Waals surface area contributed by atoms with Crippen LogP contribution in [0.1, 0.15) is 37.8 Å². The van der Waals surface area contributed by atoms with E-state index < -0.39 is 0 Å². The molecular weight excluding hydrogens is 246 g/mol. The number of Topliss-reactive ketones (excluding diaryl/α,β-unsaturated/α-hetero) is 1. The van der Waals surface area contributed by atoms with Crippen molar-refractivity contribution >= 4 is 16.7 Å². The largest absolute Gasteiger partial charge is 0.347 e. The summed E-state index contributed by atoms with van der Waals surface area (Å²) < 4.78 is 2.20. The Labute approximate surface area is 120 Å². The molecule has 1 atom stereocenters. The van der Waals surface area contributed by atoms with E-state index in [1.807, 2.05) is 6.08 Å². The number of fused-ring (bicyclic) bond motifs is 1. The van der Waals surface area contributed by atoms with E-state index in [9.17, 15) is 4.79 Å². The molecule has 1 saturated carbocycles. The van der Waals surface area contributed by atoms with Gasteiger partial charge in [-0.3, -0.25) is 4.79 Å². The fourth-order valence-corrected chi connectivity index (χ4v) is 3.68. The molecule has 1 fully saturated rings. The minimum absolute atomic E-state index is 0.353. The molecule has 2 aromatic rings. The van der Waals surface area contributed by atoms with Crippen LogP contribution in [0.2, 0.25) is 0 Å². The maximum Gasteiger partial charge on any atom is 0.145 e. The molecule has 0 N–H and O–H groups in total. The van der Waals surface area contributed by atoms with Crippen LogP contribution >= 0.6 is 0 Å². The van der Waals surface area contributed by atoms with Gasteiger partial charge in [-0.15, -0.1) is 6.58 Å². The minimum atomic E-state index is -0.353. The molecule has 0 aliphatic heterocycles. The molecule has 1 heterocycles. The standard InChI is InChI=1S/C18H21NO/c1-3-11-18(12-7-6-10-17(18)20)16-13-14-8-4-5-9-15(14)19(16)2/h3-5,8-9,13H,1,6-7,10-12H2,2H3/t18-/m0/s1. The summed E-state index contributed by atoms with van der Waals surface area (Å²) >= 11 is 0. The Kier molecular flexibility index (Phi) is 3.25. The number of allylic oxidation sites excluding steroid dienone is 1. The van der Waals surface area contributed by atoms with Crippen molar-refractivity contribution in [3.8, 4) is 0 Å². The second-order valence-corrected chi connectivity index (χ2v) is 5.85. The zero-order valence-corrected chi connectivity index (χ0v) is 12.1. The van der Waals surface area contributed by atoms with Gasteiger partial charge in [-0.25, -0.2) is 0 Å². The van der Waals surface area contributed by atoms with E-state index in [0.29, 0.717) is 12.2 Å². The molecule has 0 radical (unpaired) electrons. The number of aromatic nitrogens is 1. The fourth-order valence-electron chi connectivity index (χ4n) is 3.68. The molecule has 1 aliphatic carbocycles. The number of aryl methyl sites for hydroxylation is 1. The smallest absolute Gasteiger partial charge is 0.145 e. The van der Waals surface area contributed by atoms with Gasteiger partial charge in [0.15, 0.2) is 0 Å². The second-order valence-electron chi connectivity index (χ2n) is 5.85. The van der Waals surface area contributed by atoms with Crippen LogP contribution in [0, 0.1) is 0 Å². The molecule has 2 heteroatoms. The number of hydrogen-bond donors (Lipinski definition) is 0. The highest BCUT2D eigenvalue weighted by atomic mass is 16.1. The van der Waals surface area contributed by atoms with Gasteiger partial charge in [-0.1, -0.05) is 30.7 Å². The Balaban J connectivity index is 2.21. The summed E-state index contributed by atoms with van der Waals surface area (Å²) in [5.41, 5.74) is 2.00. The average molecular weight is 267 g/mol. The molecule has 3 rings (SSSR count). The summed E-state index contributed by atoms with van der Waals surface area (Å²) in [7, 11) is 2.07. The Morgan fingerprint density at radius 2 is 2.15 bits per heavy atom. The molecule has 0 amide bonds. The van der Waals surface area contributed by atoms with Crippen molar-refractivity contribution in [2.45, 2.75) is 37.5 Å². The van der Waals surface area contributed by atoms with Crippen molar-refractivity contribution in [3.05, 3.63) is 48.7 Å². The van der Waals surface area contributed by atoms with Crippen LogP contribution in [0.25, 0.3) is 10.9 Å². The lowest BCUT2D eigenvalue weighted by atomic mass is 9.68. The van der Waals surface area contributed by atoms with E-state index >= 15 is 0 Å². The van der Waals surface area contributed by atoms with Crippen LogP contribution < -0.4 is 0 Å². The van der Waals surface area contributed by atoms with E-state index in [0.717, 1.165) is 31.4 Å². The maximum absolute atomic E-state index is 12.7. The lowest BCUT2D eigenvalue weighted by molar-refractivity contribution is -0.126. The number of carbonyl (C=O) groups excluding carboxylic acids is 1. The zero-order chi connectivity index (χ0) is 14.2. The van der Waals surface area contributed by atoms with Gasteiger partial charge in [-0.05, 0) is 36.8 Å². The third-order valence-corrected chi connectivity index (χ3v) is 4.73. The van der Waals surface area contributed by atoms with E-state index in [-0.39, 0.29) is 5.41 Å². The van der Waals surface area contributed by atoms with E-state index in [1.165, 1.54) is 10.9 Å². The molecule has 0 spiro atoms. The molecule has 1 aromatic carbocycles. The molecule has 104 valence electrons. The normalized spacial score (nSPS) is 23.1. The summed E-state index contributed by atoms with van der Waals surface area (Å²) in [6.45, 7) is 3.88. The van der Waals surface area contributed by atoms with Gasteiger partial charge in [0.25, 0.3) is 0 Å². The van der Waals surface area contributed by atoms with Gasteiger partial charge >= 0.3 is 0 Å². The van der Waals surface area contributed by atoms with Crippen LogP contribution in [-0.4, -0.2) is 10.4 Å². The number of carbonyl (C=O) groups is 1. The molecule has 1 aliphatic rings. The van der Waals surface area contributed by atoms with Gasteiger partial charge in [-0.2, -0.15) is 0 Å². The highest BCUT2D eigenvalue weighted by Gasteiger charge is 2.42. The van der Waals surface area contributed by atoms with Gasteiger partial charge in [0.2, 0.25) is 0 Å². The van der Waals surface area contributed by atoms with Crippen LogP contribution in [-0.2, 0) is 17.3 Å². The highest BCUT2D eigenvalue weighted by Crippen LogP contribution is 2.41. The maximum atomic E-state index is 12.7. The number of ketones is 1. The van der Waals surface area contributed by atoms with Gasteiger partial charge in [0, 0.05) is 24.7 Å². The number of nitrogens with zero attached hydrogens (tertiary/aromatic N) is 1. The molecule has 0 saturated heterocycles. The topological polar surface area (TPSA) is 22.0 Å². The lowest BCUT2D eigenvalue weighted by Crippen LogP contribution is -2.39. The first kappa shape index (κ1) is 13.2. The zero-order valence-electron chi connectivity index (χ0n) is 12.1. The molecule has 0 unspecified atom stereocenters. The lowest BCUT2D eigenvalue weighted by Gasteiger charge is -2.35. The SMILES string of the molecule is C=CC[C@@]1(c2cc3ccccc3n2C)CCCCC1=O. The first-order valence-corrected chi connectivity index (χ1v) is 7.38. The van der Waals surface area contributed by atoms with E-state index in [1.54, 1.807) is 0 Å². The van der Waals surface area contributed by atoms with E-state index in [4.69, 9.17) is 0 Å². The third kappa shape index (κ3) is 1.82. The number of para-hydroxylation sites is 1. The quantitative estimate of drug-likeness (QED) is 0.766. The molecular formula is C18H21NO. The van der Waals surface area contributed by atoms with Gasteiger partial charge in [0.05, 0.1) is 5.41 Å². The monoisotopic (exact) mass is 267 g/mol. The summed E-state index contributed by atoms with van der Waals surface area (Å²) in [4.78, 5) is 12.7. The second kappa shape index (κ2) is 4.93. The molecule has 1 aromatic heterocycles. The fraction of sp³-hybridized carbons (Fsp3) is 0.389. The summed E-state index contributed by atoms with van der Waals surface area (Å²) in [5, 5.41) is 1.21. The highest BCUT2D eigenvalue weighted by molar-refractivity contribution is 5.93. The Hall–Kier alpha value is -1.83. The number of rotatable bonds is 3. The Bertz CT molecular complexity index is 667. The number of hydrogen-bond acceptors (Lipinski definition) is 1. The summed E-state index contributed by atoms with van der Waals surface area (Å²) in [5.74, 6) is 0.384. The Morgan fingerprint density at radius 3 is 2.85 bits per heavy atom. The molecule has 20 heavy (non-hydrogen) atoms. The van der Waals surface area contributed by atoms with Crippen LogP contribution in [0.3, 0.4) is 0 Å². The van der Waals surface area contributed by atoms with Crippen LogP contribution in [0.5, 0.6) is 0 Å². The van der Waals surface area contributed by atoms with Crippen LogP contribution in [0.4, 0.5) is 0 Å². The predicted molar refractivity (Wildman–Crippen MR) is 82.9 cm³/mol. The molecule has 2 nitrogen and oxygen atoms in total. The van der Waals surface area contributed by atoms with Crippen LogP contribution in [0.15, 0.2) is 43.0 Å². The summed E-state index contributed by atoms with van der Waals surface area (Å²) in [6, 6.07) is 10.5. The predicted octanol–water partition coefficient (Wildman–Crippen LogP) is 4.14. The first-order valence-electron chi connectivity index (χ1n) is 7.38. The van der Waals surface area contributed by atoms with Crippen molar-refractivity contribution in [3.63, 3.8) is 0 Å². The van der Waals surface area contributed by atoms with Crippen molar-refractivity contribution in [1.29, 1.82) is 0 Å². The van der Waals surface area contributed by atoms with Crippen molar-refractivity contribution < 1.29 is 4.79 Å². The van der Waals surface area contributed by atoms with Crippen molar-refractivity contribution in [1.82, 2.24) is 4.57 Å². The third-order valence-electron chi connectivity index (χ3n) is 4.73. The Morgan fingerprint density at radius 1 is 1.35 bits per heavy atom. The average Bonchev–Trinajstić information content (AvgIpc) is 2.80. The van der Waals surface area contributed by atoms with Crippen molar-refractivity contribution in [2.24, 2.45) is 7.05 Å². The number of benzene rings is 1. The first-order chi connectivity index (χ1) is 9.69. The van der Waals surface area contributed by atoms with Gasteiger partial charge in [0.1, 0.15) is 5.78 Å².